The molecule has 1 unspecified atom stereocenters. The van der Waals surface area contributed by atoms with Crippen LogP contribution in [0.1, 0.15) is 23.3 Å². The van der Waals surface area contributed by atoms with E-state index in [-0.39, 0.29) is 33.8 Å². The molecule has 1 aromatic heterocycles. The number of hydrogen-bond donors (Lipinski definition) is 0. The van der Waals surface area contributed by atoms with Crippen LogP contribution < -0.4 is 0 Å². The Kier molecular flexibility index (Phi) is 5.04. The summed E-state index contributed by atoms with van der Waals surface area (Å²) in [6.45, 7) is 2.52. The zero-order valence-electron chi connectivity index (χ0n) is 12.5. The number of amides is 2. The third-order valence-corrected chi connectivity index (χ3v) is 4.61. The fourth-order valence-electron chi connectivity index (χ4n) is 2.82. The number of pyridine rings is 1. The molecule has 0 aliphatic carbocycles. The number of ether oxygens (including phenoxy) is 1. The van der Waals surface area contributed by atoms with Crippen molar-refractivity contribution in [1.29, 1.82) is 0 Å². The second-order valence-corrected chi connectivity index (χ2v) is 6.38. The first-order valence-corrected chi connectivity index (χ1v) is 8.33. The number of nitrogens with zero attached hydrogens (tertiary/aromatic N) is 3. The lowest BCUT2D eigenvalue weighted by Crippen LogP contribution is -2.53. The molecule has 0 bridgehead atoms. The van der Waals surface area contributed by atoms with E-state index in [9.17, 15) is 9.59 Å². The summed E-state index contributed by atoms with van der Waals surface area (Å²) in [4.78, 5) is 32.2. The summed E-state index contributed by atoms with van der Waals surface area (Å²) in [5.41, 5.74) is 0.151. The maximum absolute atomic E-state index is 12.5. The van der Waals surface area contributed by atoms with Gasteiger partial charge in [-0.2, -0.15) is 0 Å². The molecule has 3 rings (SSSR count). The van der Waals surface area contributed by atoms with E-state index in [1.54, 1.807) is 21.9 Å². The normalized spacial score (nSPS) is 21.6. The SMILES string of the molecule is O=C(c1nc(Cl)ccc1Cl)N1CCN(C(=O)C2CCCO2)CC1. The van der Waals surface area contributed by atoms with E-state index in [0.717, 1.165) is 12.8 Å². The van der Waals surface area contributed by atoms with Crippen LogP contribution in [-0.4, -0.2) is 65.5 Å². The Morgan fingerprint density at radius 1 is 1.13 bits per heavy atom. The van der Waals surface area contributed by atoms with Crippen LogP contribution in [0.3, 0.4) is 0 Å². The van der Waals surface area contributed by atoms with Gasteiger partial charge in [-0.3, -0.25) is 9.59 Å². The molecule has 0 aromatic carbocycles. The number of hydrogen-bond acceptors (Lipinski definition) is 4. The van der Waals surface area contributed by atoms with Gasteiger partial charge >= 0.3 is 0 Å². The average molecular weight is 358 g/mol. The van der Waals surface area contributed by atoms with E-state index in [1.807, 2.05) is 0 Å². The summed E-state index contributed by atoms with van der Waals surface area (Å²) < 4.78 is 5.43. The number of piperazine rings is 1. The quantitative estimate of drug-likeness (QED) is 0.757. The molecule has 2 saturated heterocycles. The van der Waals surface area contributed by atoms with Crippen LogP contribution in [0.15, 0.2) is 12.1 Å². The highest BCUT2D eigenvalue weighted by molar-refractivity contribution is 6.34. The molecule has 0 saturated carbocycles. The molecule has 2 aliphatic heterocycles. The van der Waals surface area contributed by atoms with E-state index in [0.29, 0.717) is 32.8 Å². The fraction of sp³-hybridized carbons (Fsp3) is 0.533. The number of aromatic nitrogens is 1. The Hall–Kier alpha value is -1.37. The smallest absolute Gasteiger partial charge is 0.274 e. The minimum absolute atomic E-state index is 0.0218. The van der Waals surface area contributed by atoms with Crippen molar-refractivity contribution in [2.45, 2.75) is 18.9 Å². The van der Waals surface area contributed by atoms with Crippen molar-refractivity contribution in [2.24, 2.45) is 0 Å². The molecule has 3 heterocycles. The molecule has 2 amide bonds. The van der Waals surface area contributed by atoms with Gasteiger partial charge < -0.3 is 14.5 Å². The highest BCUT2D eigenvalue weighted by Gasteiger charge is 2.32. The third-order valence-electron chi connectivity index (χ3n) is 4.10. The van der Waals surface area contributed by atoms with Crippen molar-refractivity contribution in [3.63, 3.8) is 0 Å². The number of carbonyl (C=O) groups excluding carboxylic acids is 2. The van der Waals surface area contributed by atoms with E-state index in [2.05, 4.69) is 4.98 Å². The van der Waals surface area contributed by atoms with Gasteiger partial charge in [0, 0.05) is 32.8 Å². The summed E-state index contributed by atoms with van der Waals surface area (Å²) in [5.74, 6) is -0.241. The molecule has 124 valence electrons. The molecule has 1 aromatic rings. The third kappa shape index (κ3) is 3.59. The first-order chi connectivity index (χ1) is 11.1. The van der Waals surface area contributed by atoms with E-state index < -0.39 is 0 Å². The zero-order chi connectivity index (χ0) is 16.4. The van der Waals surface area contributed by atoms with Crippen LogP contribution >= 0.6 is 23.2 Å². The molecule has 0 spiro atoms. The van der Waals surface area contributed by atoms with Gasteiger partial charge in [0.05, 0.1) is 5.02 Å². The molecule has 23 heavy (non-hydrogen) atoms. The highest BCUT2D eigenvalue weighted by Crippen LogP contribution is 2.20. The minimum atomic E-state index is -0.318. The molecule has 6 nitrogen and oxygen atoms in total. The monoisotopic (exact) mass is 357 g/mol. The summed E-state index contributed by atoms with van der Waals surface area (Å²) in [7, 11) is 0. The number of carbonyl (C=O) groups is 2. The minimum Gasteiger partial charge on any atom is -0.368 e. The van der Waals surface area contributed by atoms with Crippen LogP contribution in [0.25, 0.3) is 0 Å². The Morgan fingerprint density at radius 2 is 1.83 bits per heavy atom. The standard InChI is InChI=1S/C15H17Cl2N3O3/c16-10-3-4-12(17)18-13(10)15(22)20-7-5-19(6-8-20)14(21)11-2-1-9-23-11/h3-4,11H,1-2,5-9H2. The largest absolute Gasteiger partial charge is 0.368 e. The van der Waals surface area contributed by atoms with Crippen LogP contribution in [0, 0.1) is 0 Å². The maximum Gasteiger partial charge on any atom is 0.274 e. The molecule has 8 heteroatoms. The molecule has 0 radical (unpaired) electrons. The Morgan fingerprint density at radius 3 is 2.48 bits per heavy atom. The van der Waals surface area contributed by atoms with Crippen molar-refractivity contribution in [3.05, 3.63) is 28.0 Å². The van der Waals surface area contributed by atoms with E-state index in [4.69, 9.17) is 27.9 Å². The van der Waals surface area contributed by atoms with Crippen LogP contribution in [0.4, 0.5) is 0 Å². The average Bonchev–Trinajstić information content (AvgIpc) is 3.10. The fourth-order valence-corrected chi connectivity index (χ4v) is 3.16. The number of halogens is 2. The van der Waals surface area contributed by atoms with Crippen molar-refractivity contribution < 1.29 is 14.3 Å². The summed E-state index contributed by atoms with van der Waals surface area (Å²) in [6.07, 6.45) is 1.38. The lowest BCUT2D eigenvalue weighted by atomic mass is 10.2. The van der Waals surface area contributed by atoms with Gasteiger partial charge in [0.2, 0.25) is 0 Å². The molecular weight excluding hydrogens is 341 g/mol. The first kappa shape index (κ1) is 16.5. The van der Waals surface area contributed by atoms with Crippen molar-refractivity contribution >= 4 is 35.0 Å². The second-order valence-electron chi connectivity index (χ2n) is 5.58. The predicted octanol–water partition coefficient (Wildman–Crippen LogP) is 1.85. The summed E-state index contributed by atoms with van der Waals surface area (Å²) in [6, 6.07) is 3.10. The van der Waals surface area contributed by atoms with Crippen molar-refractivity contribution in [1.82, 2.24) is 14.8 Å². The molecule has 2 fully saturated rings. The summed E-state index contributed by atoms with van der Waals surface area (Å²) >= 11 is 11.9. The molecular formula is C15H17Cl2N3O3. The topological polar surface area (TPSA) is 62.7 Å². The van der Waals surface area contributed by atoms with Crippen LogP contribution in [0.2, 0.25) is 10.2 Å². The van der Waals surface area contributed by atoms with E-state index >= 15 is 0 Å². The van der Waals surface area contributed by atoms with Crippen molar-refractivity contribution in [2.75, 3.05) is 32.8 Å². The Balaban J connectivity index is 1.61. The lowest BCUT2D eigenvalue weighted by molar-refractivity contribution is -0.142. The summed E-state index contributed by atoms with van der Waals surface area (Å²) in [5, 5.41) is 0.502. The van der Waals surface area contributed by atoms with Crippen LogP contribution in [-0.2, 0) is 9.53 Å². The van der Waals surface area contributed by atoms with Gasteiger partial charge in [0.25, 0.3) is 11.8 Å². The molecule has 0 N–H and O–H groups in total. The zero-order valence-corrected chi connectivity index (χ0v) is 14.0. The van der Waals surface area contributed by atoms with Gasteiger partial charge in [-0.05, 0) is 25.0 Å². The lowest BCUT2D eigenvalue weighted by Gasteiger charge is -2.35. The number of rotatable bonds is 2. The van der Waals surface area contributed by atoms with Gasteiger partial charge in [-0.1, -0.05) is 23.2 Å². The Labute approximate surface area is 144 Å². The second kappa shape index (κ2) is 7.03. The van der Waals surface area contributed by atoms with Gasteiger partial charge in [0.1, 0.15) is 17.0 Å². The van der Waals surface area contributed by atoms with Gasteiger partial charge in [-0.25, -0.2) is 4.98 Å². The van der Waals surface area contributed by atoms with Gasteiger partial charge in [-0.15, -0.1) is 0 Å². The maximum atomic E-state index is 12.5. The molecule has 1 atom stereocenters. The Bertz CT molecular complexity index is 612. The first-order valence-electron chi connectivity index (χ1n) is 7.58. The van der Waals surface area contributed by atoms with Crippen LogP contribution in [0.5, 0.6) is 0 Å². The molecule has 2 aliphatic rings. The van der Waals surface area contributed by atoms with E-state index in [1.165, 1.54) is 0 Å². The van der Waals surface area contributed by atoms with Gasteiger partial charge in [0.15, 0.2) is 0 Å². The highest BCUT2D eigenvalue weighted by atomic mass is 35.5. The predicted molar refractivity (Wildman–Crippen MR) is 85.7 cm³/mol. The van der Waals surface area contributed by atoms with Crippen molar-refractivity contribution in [3.8, 4) is 0 Å².